The number of phenolic OH excluding ortho intramolecular Hbond substituents is 2. The van der Waals surface area contributed by atoms with Crippen molar-refractivity contribution in [3.8, 4) is 40.1 Å². The Morgan fingerprint density at radius 1 is 0.733 bits per heavy atom. The topological polar surface area (TPSA) is 279 Å². The fourth-order valence-electron chi connectivity index (χ4n) is 5.04. The number of aliphatic hydroxyl groups excluding tert-OH is 8. The lowest BCUT2D eigenvalue weighted by molar-refractivity contribution is -0.277. The van der Waals surface area contributed by atoms with Gasteiger partial charge in [-0.25, -0.2) is 0 Å². The summed E-state index contributed by atoms with van der Waals surface area (Å²) in [5.74, 6) is -2.25. The van der Waals surface area contributed by atoms with E-state index in [1.165, 1.54) is 25.3 Å². The first-order valence-corrected chi connectivity index (χ1v) is 13.6. The highest BCUT2D eigenvalue weighted by Gasteiger charge is 2.46. The summed E-state index contributed by atoms with van der Waals surface area (Å²) in [6.45, 7) is -1.47. The molecule has 45 heavy (non-hydrogen) atoms. The van der Waals surface area contributed by atoms with Gasteiger partial charge in [-0.05, 0) is 18.2 Å². The van der Waals surface area contributed by atoms with Gasteiger partial charge in [0.05, 0.1) is 20.3 Å². The van der Waals surface area contributed by atoms with E-state index in [0.717, 1.165) is 12.1 Å². The Bertz CT molecular complexity index is 1570. The summed E-state index contributed by atoms with van der Waals surface area (Å²) in [5, 5.41) is 100. The van der Waals surface area contributed by atoms with E-state index in [-0.39, 0.29) is 28.4 Å². The number of hydrogen-bond acceptors (Lipinski definition) is 17. The molecule has 2 aliphatic rings. The first-order chi connectivity index (χ1) is 21.4. The van der Waals surface area contributed by atoms with Crippen molar-refractivity contribution in [2.45, 2.75) is 61.4 Å². The molecule has 246 valence electrons. The maximum absolute atomic E-state index is 13.7. The molecular formula is C28H32O17. The third-order valence-corrected chi connectivity index (χ3v) is 7.52. The third kappa shape index (κ3) is 5.98. The van der Waals surface area contributed by atoms with Crippen molar-refractivity contribution < 1.29 is 79.2 Å². The molecule has 2 aliphatic heterocycles. The average molecular weight is 641 g/mol. The minimum Gasteiger partial charge on any atom is -0.508 e. The molecule has 0 amide bonds. The lowest BCUT2D eigenvalue weighted by atomic mass is 9.99. The number of benzene rings is 2. The van der Waals surface area contributed by atoms with Crippen molar-refractivity contribution in [3.63, 3.8) is 0 Å². The molecule has 0 spiro atoms. The van der Waals surface area contributed by atoms with E-state index in [4.69, 9.17) is 28.1 Å². The zero-order valence-corrected chi connectivity index (χ0v) is 23.4. The van der Waals surface area contributed by atoms with Crippen molar-refractivity contribution in [1.82, 2.24) is 0 Å². The van der Waals surface area contributed by atoms with Crippen molar-refractivity contribution in [3.05, 3.63) is 40.6 Å². The normalized spacial score (nSPS) is 31.9. The number of phenols is 2. The Labute approximate surface area is 252 Å². The van der Waals surface area contributed by atoms with E-state index in [9.17, 15) is 55.9 Å². The zero-order valence-electron chi connectivity index (χ0n) is 23.4. The molecule has 2 saturated heterocycles. The molecule has 5 rings (SSSR count). The van der Waals surface area contributed by atoms with Crippen LogP contribution in [0.3, 0.4) is 0 Å². The van der Waals surface area contributed by atoms with Gasteiger partial charge in [-0.2, -0.15) is 0 Å². The van der Waals surface area contributed by atoms with Gasteiger partial charge < -0.3 is 79.2 Å². The molecule has 17 nitrogen and oxygen atoms in total. The quantitative estimate of drug-likeness (QED) is 0.119. The maximum Gasteiger partial charge on any atom is 0.239 e. The number of ether oxygens (including phenoxy) is 5. The Balaban J connectivity index is 1.58. The van der Waals surface area contributed by atoms with Crippen molar-refractivity contribution in [1.29, 1.82) is 0 Å². The van der Waals surface area contributed by atoms with Gasteiger partial charge >= 0.3 is 0 Å². The summed E-state index contributed by atoms with van der Waals surface area (Å²) in [7, 11) is 1.25. The lowest BCUT2D eigenvalue weighted by Gasteiger charge is -2.39. The van der Waals surface area contributed by atoms with Gasteiger partial charge in [-0.3, -0.25) is 4.79 Å². The lowest BCUT2D eigenvalue weighted by Crippen LogP contribution is -2.60. The van der Waals surface area contributed by atoms with Crippen LogP contribution in [-0.4, -0.2) is 133 Å². The van der Waals surface area contributed by atoms with E-state index >= 15 is 0 Å². The minimum absolute atomic E-state index is 0.0504. The van der Waals surface area contributed by atoms with Crippen molar-refractivity contribution in [2.75, 3.05) is 20.3 Å². The molecule has 3 aromatic rings. The zero-order chi connectivity index (χ0) is 32.7. The number of aliphatic hydroxyl groups is 8. The monoisotopic (exact) mass is 640 g/mol. The number of rotatable bonds is 8. The van der Waals surface area contributed by atoms with Crippen LogP contribution in [0.4, 0.5) is 0 Å². The molecule has 2 fully saturated rings. The molecule has 0 bridgehead atoms. The molecule has 10 N–H and O–H groups in total. The summed E-state index contributed by atoms with van der Waals surface area (Å²) in [4.78, 5) is 13.7. The van der Waals surface area contributed by atoms with Gasteiger partial charge in [0, 0.05) is 17.7 Å². The third-order valence-electron chi connectivity index (χ3n) is 7.52. The molecule has 0 radical (unpaired) electrons. The van der Waals surface area contributed by atoms with E-state index in [0.29, 0.717) is 0 Å². The summed E-state index contributed by atoms with van der Waals surface area (Å²) in [6, 6.07) is 5.83. The van der Waals surface area contributed by atoms with E-state index in [2.05, 4.69) is 0 Å². The largest absolute Gasteiger partial charge is 0.508 e. The second kappa shape index (κ2) is 12.9. The second-order valence-corrected chi connectivity index (χ2v) is 10.4. The molecular weight excluding hydrogens is 608 g/mol. The highest BCUT2D eigenvalue weighted by Crippen LogP contribution is 2.40. The van der Waals surface area contributed by atoms with Gasteiger partial charge in [0.1, 0.15) is 71.3 Å². The Morgan fingerprint density at radius 3 is 1.87 bits per heavy atom. The fourth-order valence-corrected chi connectivity index (χ4v) is 5.04. The van der Waals surface area contributed by atoms with Crippen LogP contribution < -0.4 is 19.6 Å². The van der Waals surface area contributed by atoms with Crippen LogP contribution in [0, 0.1) is 0 Å². The van der Waals surface area contributed by atoms with Crippen LogP contribution in [0.15, 0.2) is 39.5 Å². The highest BCUT2D eigenvalue weighted by atomic mass is 16.7. The standard InChI is InChI=1S/C28H32O17/c1-40-13-4-9(2-3-12(13)42-27-23(38)21(36)18(33)15(7-29)43-27)25-26(20(35)17-11(32)5-10(31)6-14(17)41-25)45-28-24(39)22(37)19(34)16(8-30)44-28/h2-6,15-16,18-19,21-24,27-34,36-39H,7-8H2,1H3/t15?,16?,18-,19+,21?,22?,23?,24?,27-,28+/m1/s1. The van der Waals surface area contributed by atoms with E-state index in [1.54, 1.807) is 0 Å². The molecule has 6 unspecified atom stereocenters. The number of methoxy groups -OCH3 is 1. The number of aromatic hydroxyl groups is 2. The van der Waals surface area contributed by atoms with Gasteiger partial charge in [-0.15, -0.1) is 0 Å². The summed E-state index contributed by atoms with van der Waals surface area (Å²) in [6.07, 6.45) is -16.6. The van der Waals surface area contributed by atoms with Crippen LogP contribution >= 0.6 is 0 Å². The minimum atomic E-state index is -1.91. The Morgan fingerprint density at radius 2 is 1.31 bits per heavy atom. The number of fused-ring (bicyclic) bond motifs is 1. The Kier molecular flexibility index (Phi) is 9.38. The molecule has 0 aliphatic carbocycles. The second-order valence-electron chi connectivity index (χ2n) is 10.4. The van der Waals surface area contributed by atoms with Crippen molar-refractivity contribution in [2.24, 2.45) is 0 Å². The predicted octanol–water partition coefficient (Wildman–Crippen LogP) is -2.76. The Hall–Kier alpha value is -3.75. The summed E-state index contributed by atoms with van der Waals surface area (Å²) >= 11 is 0. The van der Waals surface area contributed by atoms with Gasteiger partial charge in [0.25, 0.3) is 0 Å². The van der Waals surface area contributed by atoms with Crippen molar-refractivity contribution >= 4 is 11.0 Å². The van der Waals surface area contributed by atoms with E-state index in [1.807, 2.05) is 0 Å². The number of hydrogen-bond donors (Lipinski definition) is 10. The smallest absolute Gasteiger partial charge is 0.239 e. The van der Waals surface area contributed by atoms with Crippen LogP contribution in [-0.2, 0) is 9.47 Å². The predicted molar refractivity (Wildman–Crippen MR) is 147 cm³/mol. The maximum atomic E-state index is 13.7. The first kappa shape index (κ1) is 32.6. The van der Waals surface area contributed by atoms with Crippen LogP contribution in [0.25, 0.3) is 22.3 Å². The van der Waals surface area contributed by atoms with E-state index < -0.39 is 103 Å². The SMILES string of the molecule is COc1cc(-c2oc3cc(O)cc(O)c3c(=O)c2O[C@@H]2OC(CO)[C@H](O)C(O)C2O)ccc1O[C@@H]1OC(CO)[C@@H](O)C(O)C1O. The van der Waals surface area contributed by atoms with Gasteiger partial charge in [0.2, 0.25) is 23.8 Å². The first-order valence-electron chi connectivity index (χ1n) is 13.6. The highest BCUT2D eigenvalue weighted by molar-refractivity contribution is 5.88. The van der Waals surface area contributed by atoms with Crippen LogP contribution in [0.2, 0.25) is 0 Å². The summed E-state index contributed by atoms with van der Waals surface area (Å²) < 4.78 is 33.4. The fraction of sp³-hybridized carbons (Fsp3) is 0.464. The molecule has 0 saturated carbocycles. The molecule has 3 heterocycles. The van der Waals surface area contributed by atoms with Crippen LogP contribution in [0.5, 0.6) is 28.7 Å². The van der Waals surface area contributed by atoms with Gasteiger partial charge in [0.15, 0.2) is 17.3 Å². The molecule has 10 atom stereocenters. The molecule has 17 heteroatoms. The summed E-state index contributed by atoms with van der Waals surface area (Å²) in [5.41, 5.74) is -1.23. The van der Waals surface area contributed by atoms with Gasteiger partial charge in [-0.1, -0.05) is 0 Å². The molecule has 1 aromatic heterocycles. The molecule has 2 aromatic carbocycles. The van der Waals surface area contributed by atoms with Crippen LogP contribution in [0.1, 0.15) is 0 Å². The average Bonchev–Trinajstić information content (AvgIpc) is 3.02.